The van der Waals surface area contributed by atoms with Crippen molar-refractivity contribution in [3.05, 3.63) is 83.0 Å². The van der Waals surface area contributed by atoms with E-state index in [1.54, 1.807) is 30.3 Å². The maximum absolute atomic E-state index is 13.6. The van der Waals surface area contributed by atoms with Crippen molar-refractivity contribution in [2.75, 3.05) is 5.01 Å². The molecule has 0 saturated heterocycles. The molecule has 194 valence electrons. The van der Waals surface area contributed by atoms with Crippen LogP contribution >= 0.6 is 11.6 Å². The summed E-state index contributed by atoms with van der Waals surface area (Å²) in [7, 11) is 0. The van der Waals surface area contributed by atoms with Crippen molar-refractivity contribution in [1.29, 1.82) is 0 Å². The second-order valence-electron chi connectivity index (χ2n) is 8.38. The first-order valence-corrected chi connectivity index (χ1v) is 11.2. The molecule has 0 saturated carbocycles. The van der Waals surface area contributed by atoms with Crippen LogP contribution in [0.4, 0.5) is 32.0 Å². The largest absolute Gasteiger partial charge is 0.431 e. The Kier molecular flexibility index (Phi) is 6.80. The van der Waals surface area contributed by atoms with Crippen LogP contribution in [0.15, 0.2) is 72.0 Å². The molecule has 1 aliphatic rings. The Hall–Kier alpha value is -3.44. The van der Waals surface area contributed by atoms with Gasteiger partial charge in [-0.15, -0.1) is 0 Å². The fourth-order valence-corrected chi connectivity index (χ4v) is 4.21. The molecule has 37 heavy (non-hydrogen) atoms. The fourth-order valence-electron chi connectivity index (χ4n) is 3.99. The highest BCUT2D eigenvalue weighted by Crippen LogP contribution is 2.49. The Labute approximate surface area is 212 Å². The topological polar surface area (TPSA) is 65.8 Å². The van der Waals surface area contributed by atoms with E-state index in [2.05, 4.69) is 10.1 Å². The van der Waals surface area contributed by atoms with Crippen molar-refractivity contribution in [2.45, 2.75) is 37.3 Å². The van der Waals surface area contributed by atoms with Crippen LogP contribution in [0, 0.1) is 0 Å². The van der Waals surface area contributed by atoms with Gasteiger partial charge < -0.3 is 5.11 Å². The molecule has 1 atom stereocenters. The third kappa shape index (κ3) is 4.80. The summed E-state index contributed by atoms with van der Waals surface area (Å²) in [6.45, 7) is 1.42. The zero-order valence-electron chi connectivity index (χ0n) is 19.0. The summed E-state index contributed by atoms with van der Waals surface area (Å²) < 4.78 is 81.5. The van der Waals surface area contributed by atoms with Gasteiger partial charge >= 0.3 is 12.4 Å². The van der Waals surface area contributed by atoms with E-state index in [4.69, 9.17) is 11.6 Å². The van der Waals surface area contributed by atoms with Crippen LogP contribution in [0.3, 0.4) is 0 Å². The average molecular weight is 542 g/mol. The zero-order chi connectivity index (χ0) is 27.2. The molecule has 5 nitrogen and oxygen atoms in total. The quantitative estimate of drug-likeness (QED) is 0.286. The maximum atomic E-state index is 13.6. The Morgan fingerprint density at radius 3 is 2.11 bits per heavy atom. The molecule has 1 unspecified atom stereocenters. The molecule has 4 rings (SSSR count). The standard InChI is InChI=1S/C25H18ClF6N3O2/c1-14(36)15-6-8-16(9-7-15)19-11-10-17(13-33-19)21-12-22(23(37,24(27,28)29)25(30,31)32)34-35(21)20-5-3-2-4-18(20)26/h2-11,13,21,37H,12H2,1H3. The monoisotopic (exact) mass is 541 g/mol. The average Bonchev–Trinajstić information content (AvgIpc) is 3.28. The lowest BCUT2D eigenvalue weighted by atomic mass is 9.90. The van der Waals surface area contributed by atoms with Crippen LogP contribution in [0.5, 0.6) is 0 Å². The third-order valence-electron chi connectivity index (χ3n) is 6.01. The molecule has 2 aromatic carbocycles. The summed E-state index contributed by atoms with van der Waals surface area (Å²) in [5.41, 5.74) is -4.76. The van der Waals surface area contributed by atoms with Crippen LogP contribution < -0.4 is 5.01 Å². The van der Waals surface area contributed by atoms with Crippen LogP contribution in [0.1, 0.15) is 35.3 Å². The number of alkyl halides is 6. The van der Waals surface area contributed by atoms with Crippen molar-refractivity contribution in [2.24, 2.45) is 5.10 Å². The van der Waals surface area contributed by atoms with Gasteiger partial charge in [0.1, 0.15) is 0 Å². The number of hydrazone groups is 1. The van der Waals surface area contributed by atoms with E-state index in [0.717, 1.165) is 5.01 Å². The van der Waals surface area contributed by atoms with E-state index in [1.165, 1.54) is 43.5 Å². The molecule has 1 N–H and O–H groups in total. The van der Waals surface area contributed by atoms with Crippen molar-refractivity contribution >= 4 is 28.8 Å². The summed E-state index contributed by atoms with van der Waals surface area (Å²) in [6.07, 6.45) is -11.7. The highest BCUT2D eigenvalue weighted by atomic mass is 35.5. The first kappa shape index (κ1) is 26.6. The lowest BCUT2D eigenvalue weighted by Crippen LogP contribution is -2.62. The van der Waals surface area contributed by atoms with Gasteiger partial charge in [0.2, 0.25) is 0 Å². The molecule has 0 bridgehead atoms. The molecule has 0 radical (unpaired) electrons. The van der Waals surface area contributed by atoms with E-state index in [9.17, 15) is 36.2 Å². The van der Waals surface area contributed by atoms with E-state index in [0.29, 0.717) is 16.8 Å². The van der Waals surface area contributed by atoms with Gasteiger partial charge in [-0.3, -0.25) is 14.8 Å². The number of aromatic nitrogens is 1. The second kappa shape index (κ2) is 9.46. The number of nitrogens with zero attached hydrogens (tertiary/aromatic N) is 3. The van der Waals surface area contributed by atoms with Crippen molar-refractivity contribution < 1.29 is 36.2 Å². The number of benzene rings is 2. The second-order valence-corrected chi connectivity index (χ2v) is 8.79. The van der Waals surface area contributed by atoms with Crippen molar-refractivity contribution in [1.82, 2.24) is 4.98 Å². The molecule has 3 aromatic rings. The fraction of sp³-hybridized carbons (Fsp3) is 0.240. The minimum Gasteiger partial charge on any atom is -0.369 e. The first-order chi connectivity index (χ1) is 17.2. The number of aliphatic hydroxyl groups is 1. The number of anilines is 1. The summed E-state index contributed by atoms with van der Waals surface area (Å²) in [5.74, 6) is -0.121. The Morgan fingerprint density at radius 2 is 1.59 bits per heavy atom. The molecule has 0 fully saturated rings. The number of Topliss-reactive ketones (excluding diaryl/α,β-unsaturated/α-hetero) is 1. The molecule has 1 aromatic heterocycles. The number of rotatable bonds is 5. The van der Waals surface area contributed by atoms with Gasteiger partial charge in [0.05, 0.1) is 28.2 Å². The van der Waals surface area contributed by atoms with Gasteiger partial charge in [0.25, 0.3) is 5.60 Å². The smallest absolute Gasteiger partial charge is 0.369 e. The predicted molar refractivity (Wildman–Crippen MR) is 125 cm³/mol. The number of carbonyl (C=O) groups excluding carboxylic acids is 1. The molecule has 0 spiro atoms. The van der Waals surface area contributed by atoms with Crippen LogP contribution in [0.2, 0.25) is 5.02 Å². The lowest BCUT2D eigenvalue weighted by Gasteiger charge is -2.32. The highest BCUT2D eigenvalue weighted by Gasteiger charge is 2.74. The normalized spacial score (nSPS) is 16.6. The van der Waals surface area contributed by atoms with Crippen LogP contribution in [-0.4, -0.2) is 39.5 Å². The summed E-state index contributed by atoms with van der Waals surface area (Å²) in [5, 5.41) is 14.5. The van der Waals surface area contributed by atoms with Gasteiger partial charge in [-0.25, -0.2) is 0 Å². The van der Waals surface area contributed by atoms with Gasteiger partial charge in [-0.2, -0.15) is 31.4 Å². The van der Waals surface area contributed by atoms with E-state index in [1.807, 2.05) is 0 Å². The van der Waals surface area contributed by atoms with Crippen molar-refractivity contribution in [3.8, 4) is 11.3 Å². The SMILES string of the molecule is CC(=O)c1ccc(-c2ccc(C3CC(C(O)(C(F)(F)F)C(F)(F)F)=NN3c3ccccc3Cl)cn2)cc1. The zero-order valence-corrected chi connectivity index (χ0v) is 19.7. The summed E-state index contributed by atoms with van der Waals surface area (Å²) >= 11 is 6.18. The van der Waals surface area contributed by atoms with E-state index in [-0.39, 0.29) is 22.1 Å². The molecule has 12 heteroatoms. The van der Waals surface area contributed by atoms with Crippen LogP contribution in [-0.2, 0) is 0 Å². The highest BCUT2D eigenvalue weighted by molar-refractivity contribution is 6.33. The predicted octanol–water partition coefficient (Wildman–Crippen LogP) is 6.77. The number of pyridine rings is 1. The lowest BCUT2D eigenvalue weighted by molar-refractivity contribution is -0.338. The Morgan fingerprint density at radius 1 is 0.973 bits per heavy atom. The third-order valence-corrected chi connectivity index (χ3v) is 6.33. The maximum Gasteiger partial charge on any atom is 0.431 e. The molecule has 0 amide bonds. The van der Waals surface area contributed by atoms with Gasteiger partial charge in [-0.05, 0) is 30.7 Å². The molecular formula is C25H18ClF6N3O2. The number of para-hydroxylation sites is 1. The Bertz CT molecular complexity index is 1320. The summed E-state index contributed by atoms with van der Waals surface area (Å²) in [6, 6.07) is 14.2. The van der Waals surface area contributed by atoms with Crippen molar-refractivity contribution in [3.63, 3.8) is 0 Å². The molecular weight excluding hydrogens is 524 g/mol. The number of hydrogen-bond donors (Lipinski definition) is 1. The number of carbonyl (C=O) groups is 1. The molecule has 0 aliphatic carbocycles. The Balaban J connectivity index is 1.75. The minimum absolute atomic E-state index is 0.0372. The van der Waals surface area contributed by atoms with Gasteiger partial charge in [-0.1, -0.05) is 54.1 Å². The van der Waals surface area contributed by atoms with E-state index < -0.39 is 36.1 Å². The number of hydrogen-bond acceptors (Lipinski definition) is 5. The van der Waals surface area contributed by atoms with E-state index >= 15 is 0 Å². The number of halogens is 7. The molecule has 1 aliphatic heterocycles. The first-order valence-electron chi connectivity index (χ1n) is 10.8. The minimum atomic E-state index is -6.07. The molecule has 2 heterocycles. The summed E-state index contributed by atoms with van der Waals surface area (Å²) in [4.78, 5) is 15.8. The van der Waals surface area contributed by atoms with Crippen LogP contribution in [0.25, 0.3) is 11.3 Å². The number of ketones is 1. The van der Waals surface area contributed by atoms with Gasteiger partial charge in [0, 0.05) is 23.7 Å². The van der Waals surface area contributed by atoms with Gasteiger partial charge in [0.15, 0.2) is 5.78 Å².